The van der Waals surface area contributed by atoms with Crippen molar-refractivity contribution < 1.29 is 9.53 Å². The standard InChI is InChI=1S/C13H7ClN2O2/c14-11-5-9(6-15)1-3-12(11)18-13-4-2-10(8-17)7-16-13/h1-5,7-8H. The van der Waals surface area contributed by atoms with E-state index in [1.807, 2.05) is 6.07 Å². The molecule has 0 bridgehead atoms. The molecule has 88 valence electrons. The van der Waals surface area contributed by atoms with Gasteiger partial charge in [-0.1, -0.05) is 11.6 Å². The van der Waals surface area contributed by atoms with Gasteiger partial charge in [-0.05, 0) is 24.3 Å². The van der Waals surface area contributed by atoms with E-state index in [9.17, 15) is 4.79 Å². The number of halogens is 1. The van der Waals surface area contributed by atoms with Gasteiger partial charge in [0.05, 0.1) is 16.7 Å². The Balaban J connectivity index is 2.23. The molecular formula is C13H7ClN2O2. The number of hydrogen-bond donors (Lipinski definition) is 0. The van der Waals surface area contributed by atoms with Gasteiger partial charge in [-0.15, -0.1) is 0 Å². The number of hydrogen-bond acceptors (Lipinski definition) is 4. The van der Waals surface area contributed by atoms with Gasteiger partial charge in [-0.3, -0.25) is 4.79 Å². The van der Waals surface area contributed by atoms with Crippen LogP contribution in [0.25, 0.3) is 0 Å². The minimum absolute atomic E-state index is 0.326. The minimum atomic E-state index is 0.326. The van der Waals surface area contributed by atoms with Crippen molar-refractivity contribution in [3.05, 3.63) is 52.7 Å². The first-order chi connectivity index (χ1) is 8.72. The minimum Gasteiger partial charge on any atom is -0.437 e. The molecule has 1 aromatic carbocycles. The first-order valence-electron chi connectivity index (χ1n) is 5.01. The average Bonchev–Trinajstić information content (AvgIpc) is 2.42. The summed E-state index contributed by atoms with van der Waals surface area (Å²) in [5, 5.41) is 9.03. The van der Waals surface area contributed by atoms with Crippen molar-refractivity contribution in [2.24, 2.45) is 0 Å². The average molecular weight is 259 g/mol. The highest BCUT2D eigenvalue weighted by molar-refractivity contribution is 6.32. The lowest BCUT2D eigenvalue weighted by Crippen LogP contribution is -1.90. The molecule has 5 heteroatoms. The number of rotatable bonds is 3. The molecule has 2 rings (SSSR count). The largest absolute Gasteiger partial charge is 0.437 e. The van der Waals surface area contributed by atoms with Gasteiger partial charge < -0.3 is 4.74 Å². The van der Waals surface area contributed by atoms with Gasteiger partial charge in [0.1, 0.15) is 5.75 Å². The Morgan fingerprint density at radius 2 is 2.17 bits per heavy atom. The smallest absolute Gasteiger partial charge is 0.219 e. The van der Waals surface area contributed by atoms with Crippen molar-refractivity contribution in [1.29, 1.82) is 5.26 Å². The molecule has 0 saturated heterocycles. The summed E-state index contributed by atoms with van der Waals surface area (Å²) in [6, 6.07) is 9.84. The topological polar surface area (TPSA) is 63.0 Å². The van der Waals surface area contributed by atoms with Crippen LogP contribution >= 0.6 is 11.6 Å². The van der Waals surface area contributed by atoms with Gasteiger partial charge in [0, 0.05) is 17.8 Å². The summed E-state index contributed by atoms with van der Waals surface area (Å²) in [5.41, 5.74) is 0.921. The van der Waals surface area contributed by atoms with E-state index in [4.69, 9.17) is 21.6 Å². The molecule has 0 aliphatic carbocycles. The molecule has 2 aromatic rings. The highest BCUT2D eigenvalue weighted by atomic mass is 35.5. The predicted molar refractivity (Wildman–Crippen MR) is 65.9 cm³/mol. The molecule has 18 heavy (non-hydrogen) atoms. The van der Waals surface area contributed by atoms with Crippen molar-refractivity contribution in [2.75, 3.05) is 0 Å². The van der Waals surface area contributed by atoms with E-state index in [2.05, 4.69) is 4.98 Å². The molecule has 0 atom stereocenters. The van der Waals surface area contributed by atoms with Crippen molar-refractivity contribution in [3.8, 4) is 17.7 Å². The third-order valence-electron chi connectivity index (χ3n) is 2.17. The molecule has 1 heterocycles. The number of nitrogens with zero attached hydrogens (tertiary/aromatic N) is 2. The van der Waals surface area contributed by atoms with Crippen LogP contribution in [0.15, 0.2) is 36.5 Å². The second-order valence-electron chi connectivity index (χ2n) is 3.41. The molecule has 1 aromatic heterocycles. The van der Waals surface area contributed by atoms with E-state index in [0.717, 1.165) is 0 Å². The maximum Gasteiger partial charge on any atom is 0.219 e. The van der Waals surface area contributed by atoms with Gasteiger partial charge in [-0.2, -0.15) is 5.26 Å². The van der Waals surface area contributed by atoms with Gasteiger partial charge in [0.2, 0.25) is 5.88 Å². The molecule has 0 N–H and O–H groups in total. The molecule has 0 radical (unpaired) electrons. The van der Waals surface area contributed by atoms with Crippen LogP contribution in [0.3, 0.4) is 0 Å². The third-order valence-corrected chi connectivity index (χ3v) is 2.47. The quantitative estimate of drug-likeness (QED) is 0.793. The van der Waals surface area contributed by atoms with Crippen molar-refractivity contribution in [3.63, 3.8) is 0 Å². The molecule has 0 aliphatic rings. The number of pyridine rings is 1. The Labute approximate surface area is 108 Å². The zero-order chi connectivity index (χ0) is 13.0. The number of nitriles is 1. The second-order valence-corrected chi connectivity index (χ2v) is 3.81. The van der Waals surface area contributed by atoms with Crippen LogP contribution in [0.4, 0.5) is 0 Å². The highest BCUT2D eigenvalue weighted by Crippen LogP contribution is 2.28. The number of ether oxygens (including phenoxy) is 1. The van der Waals surface area contributed by atoms with Gasteiger partial charge in [0.25, 0.3) is 0 Å². The number of aromatic nitrogens is 1. The van der Waals surface area contributed by atoms with E-state index >= 15 is 0 Å². The summed E-state index contributed by atoms with van der Waals surface area (Å²) < 4.78 is 5.44. The maximum absolute atomic E-state index is 10.5. The fraction of sp³-hybridized carbons (Fsp3) is 0. The summed E-state index contributed by atoms with van der Waals surface area (Å²) in [4.78, 5) is 14.4. The van der Waals surface area contributed by atoms with Gasteiger partial charge in [0.15, 0.2) is 6.29 Å². The Morgan fingerprint density at radius 1 is 1.33 bits per heavy atom. The van der Waals surface area contributed by atoms with E-state index in [-0.39, 0.29) is 0 Å². The lowest BCUT2D eigenvalue weighted by Gasteiger charge is -2.06. The zero-order valence-electron chi connectivity index (χ0n) is 9.13. The predicted octanol–water partition coefficient (Wildman–Crippen LogP) is 3.21. The van der Waals surface area contributed by atoms with Crippen molar-refractivity contribution >= 4 is 17.9 Å². The van der Waals surface area contributed by atoms with Crippen LogP contribution in [-0.2, 0) is 0 Å². The Morgan fingerprint density at radius 3 is 2.72 bits per heavy atom. The number of aldehydes is 1. The van der Waals surface area contributed by atoms with Gasteiger partial charge in [-0.25, -0.2) is 4.98 Å². The van der Waals surface area contributed by atoms with Crippen LogP contribution in [0.5, 0.6) is 11.6 Å². The fourth-order valence-electron chi connectivity index (χ4n) is 1.29. The highest BCUT2D eigenvalue weighted by Gasteiger charge is 2.05. The summed E-state index contributed by atoms with van der Waals surface area (Å²) >= 11 is 5.96. The number of carbonyl (C=O) groups is 1. The van der Waals surface area contributed by atoms with Crippen LogP contribution in [0.1, 0.15) is 15.9 Å². The number of benzene rings is 1. The molecular weight excluding hydrogens is 252 g/mol. The van der Waals surface area contributed by atoms with E-state index in [1.165, 1.54) is 12.3 Å². The number of carbonyl (C=O) groups excluding carboxylic acids is 1. The SMILES string of the molecule is N#Cc1ccc(Oc2ccc(C=O)cn2)c(Cl)c1. The molecule has 0 unspecified atom stereocenters. The van der Waals surface area contributed by atoms with E-state index in [0.29, 0.717) is 34.1 Å². The van der Waals surface area contributed by atoms with Gasteiger partial charge >= 0.3 is 0 Å². The van der Waals surface area contributed by atoms with Crippen LogP contribution in [-0.4, -0.2) is 11.3 Å². The summed E-state index contributed by atoms with van der Waals surface area (Å²) in [7, 11) is 0. The lowest BCUT2D eigenvalue weighted by atomic mass is 10.2. The molecule has 4 nitrogen and oxygen atoms in total. The summed E-state index contributed by atoms with van der Waals surface area (Å²) in [5.74, 6) is 0.731. The van der Waals surface area contributed by atoms with E-state index < -0.39 is 0 Å². The Hall–Kier alpha value is -2.38. The summed E-state index contributed by atoms with van der Waals surface area (Å²) in [6.07, 6.45) is 2.10. The normalized spacial score (nSPS) is 9.56. The second kappa shape index (κ2) is 5.30. The monoisotopic (exact) mass is 258 g/mol. The molecule has 0 fully saturated rings. The summed E-state index contributed by atoms with van der Waals surface area (Å²) in [6.45, 7) is 0. The van der Waals surface area contributed by atoms with Crippen molar-refractivity contribution in [2.45, 2.75) is 0 Å². The van der Waals surface area contributed by atoms with Crippen molar-refractivity contribution in [1.82, 2.24) is 4.98 Å². The molecule has 0 saturated carbocycles. The molecule has 0 spiro atoms. The maximum atomic E-state index is 10.5. The fourth-order valence-corrected chi connectivity index (χ4v) is 1.51. The first-order valence-corrected chi connectivity index (χ1v) is 5.39. The first kappa shape index (κ1) is 12.1. The third kappa shape index (κ3) is 2.65. The molecule has 0 amide bonds. The molecule has 0 aliphatic heterocycles. The lowest BCUT2D eigenvalue weighted by molar-refractivity contribution is 0.112. The zero-order valence-corrected chi connectivity index (χ0v) is 9.89. The Kier molecular flexibility index (Phi) is 3.56. The van der Waals surface area contributed by atoms with Crippen LogP contribution in [0, 0.1) is 11.3 Å². The van der Waals surface area contributed by atoms with Crippen LogP contribution < -0.4 is 4.74 Å². The van der Waals surface area contributed by atoms with Crippen LogP contribution in [0.2, 0.25) is 5.02 Å². The van der Waals surface area contributed by atoms with E-state index in [1.54, 1.807) is 24.3 Å². The Bertz CT molecular complexity index is 618.